The zero-order valence-corrected chi connectivity index (χ0v) is 8.85. The fourth-order valence-electron chi connectivity index (χ4n) is 1.54. The van der Waals surface area contributed by atoms with Crippen LogP contribution in [0.1, 0.15) is 25.7 Å². The first kappa shape index (κ1) is 12.4. The van der Waals surface area contributed by atoms with Gasteiger partial charge in [0.2, 0.25) is 0 Å². The normalized spacial score (nSPS) is 25.5. The minimum absolute atomic E-state index is 0.0393. The zero-order valence-electron chi connectivity index (χ0n) is 8.85. The van der Waals surface area contributed by atoms with Gasteiger partial charge in [-0.05, 0) is 25.8 Å². The number of carbonyl (C=O) groups is 1. The van der Waals surface area contributed by atoms with Gasteiger partial charge in [-0.3, -0.25) is 4.79 Å². The molecule has 1 aliphatic rings. The third-order valence-electron chi connectivity index (χ3n) is 2.41. The summed E-state index contributed by atoms with van der Waals surface area (Å²) in [5.74, 6) is -0.225. The van der Waals surface area contributed by atoms with Gasteiger partial charge in [-0.2, -0.15) is 0 Å². The molecule has 1 fully saturated rings. The third kappa shape index (κ3) is 4.59. The van der Waals surface area contributed by atoms with Crippen LogP contribution in [-0.4, -0.2) is 43.0 Å². The zero-order chi connectivity index (χ0) is 11.1. The number of carbonyl (C=O) groups excluding carboxylic acids is 1. The Bertz CT molecular complexity index is 198. The van der Waals surface area contributed by atoms with Crippen LogP contribution in [0.15, 0.2) is 0 Å². The summed E-state index contributed by atoms with van der Waals surface area (Å²) in [6.45, 7) is 0.832. The van der Waals surface area contributed by atoms with E-state index in [0.29, 0.717) is 26.0 Å². The summed E-state index contributed by atoms with van der Waals surface area (Å²) < 4.78 is 10.4. The highest BCUT2D eigenvalue weighted by Crippen LogP contribution is 2.19. The van der Waals surface area contributed by atoms with Crippen LogP contribution >= 0.6 is 0 Å². The van der Waals surface area contributed by atoms with Gasteiger partial charge in [0, 0.05) is 6.42 Å². The number of esters is 1. The maximum absolute atomic E-state index is 11.1. The molecule has 0 aliphatic carbocycles. The number of hydrogen-bond acceptors (Lipinski definition) is 5. The predicted molar refractivity (Wildman–Crippen MR) is 54.2 cm³/mol. The Labute approximate surface area is 89.5 Å². The van der Waals surface area contributed by atoms with E-state index in [0.717, 1.165) is 12.8 Å². The fraction of sp³-hybridized carbons (Fsp3) is 0.900. The van der Waals surface area contributed by atoms with E-state index in [-0.39, 0.29) is 24.8 Å². The van der Waals surface area contributed by atoms with Crippen LogP contribution in [-0.2, 0) is 14.3 Å². The van der Waals surface area contributed by atoms with Crippen LogP contribution in [0.25, 0.3) is 0 Å². The predicted octanol–water partition coefficient (Wildman–Crippen LogP) is -0.192. The Morgan fingerprint density at radius 2 is 2.20 bits per heavy atom. The lowest BCUT2D eigenvalue weighted by atomic mass is 10.2. The van der Waals surface area contributed by atoms with Crippen molar-refractivity contribution < 1.29 is 19.4 Å². The topological polar surface area (TPSA) is 81.8 Å². The molecule has 0 aromatic rings. The molecular formula is C10H19NO4. The summed E-state index contributed by atoms with van der Waals surface area (Å²) in [6, 6.07) is 0. The van der Waals surface area contributed by atoms with Gasteiger partial charge >= 0.3 is 5.97 Å². The lowest BCUT2D eigenvalue weighted by Gasteiger charge is -2.12. The maximum Gasteiger partial charge on any atom is 0.305 e. The molecular weight excluding hydrogens is 198 g/mol. The second-order valence-electron chi connectivity index (χ2n) is 3.72. The summed E-state index contributed by atoms with van der Waals surface area (Å²) in [5, 5.41) is 8.83. The fourth-order valence-corrected chi connectivity index (χ4v) is 1.54. The molecule has 0 unspecified atom stereocenters. The molecule has 15 heavy (non-hydrogen) atoms. The first-order chi connectivity index (χ1) is 7.26. The number of aliphatic hydroxyl groups excluding tert-OH is 1. The average Bonchev–Trinajstić information content (AvgIpc) is 2.71. The first-order valence-electron chi connectivity index (χ1n) is 5.38. The average molecular weight is 217 g/mol. The molecule has 0 spiro atoms. The minimum Gasteiger partial charge on any atom is -0.463 e. The molecule has 0 saturated carbocycles. The minimum atomic E-state index is -0.225. The molecule has 0 radical (unpaired) electrons. The van der Waals surface area contributed by atoms with Crippen molar-refractivity contribution in [2.24, 2.45) is 5.73 Å². The molecule has 0 amide bonds. The van der Waals surface area contributed by atoms with Crippen molar-refractivity contribution in [3.63, 3.8) is 0 Å². The maximum atomic E-state index is 11.1. The summed E-state index contributed by atoms with van der Waals surface area (Å²) >= 11 is 0. The van der Waals surface area contributed by atoms with Gasteiger partial charge in [0.05, 0.1) is 18.8 Å². The molecule has 0 bridgehead atoms. The molecule has 5 nitrogen and oxygen atoms in total. The SMILES string of the molecule is NCCCC(=O)OC[C@H]1CC[C@H](CO)O1. The number of hydrogen-bond donors (Lipinski definition) is 2. The monoisotopic (exact) mass is 217 g/mol. The molecule has 3 N–H and O–H groups in total. The van der Waals surface area contributed by atoms with Crippen molar-refractivity contribution in [2.45, 2.75) is 37.9 Å². The smallest absolute Gasteiger partial charge is 0.305 e. The highest BCUT2D eigenvalue weighted by atomic mass is 16.6. The van der Waals surface area contributed by atoms with Crippen LogP contribution in [0.3, 0.4) is 0 Å². The first-order valence-corrected chi connectivity index (χ1v) is 5.38. The molecule has 1 aliphatic heterocycles. The molecule has 5 heteroatoms. The number of ether oxygens (including phenoxy) is 2. The standard InChI is InChI=1S/C10H19NO4/c11-5-1-2-10(13)14-7-9-4-3-8(6-12)15-9/h8-9,12H,1-7,11H2/t8-,9-/m1/s1. The van der Waals surface area contributed by atoms with Crippen molar-refractivity contribution in [1.82, 2.24) is 0 Å². The summed E-state index contributed by atoms with van der Waals surface area (Å²) in [4.78, 5) is 11.1. The van der Waals surface area contributed by atoms with E-state index in [2.05, 4.69) is 0 Å². The summed E-state index contributed by atoms with van der Waals surface area (Å²) in [5.41, 5.74) is 5.27. The van der Waals surface area contributed by atoms with Crippen LogP contribution in [0.5, 0.6) is 0 Å². The van der Waals surface area contributed by atoms with E-state index >= 15 is 0 Å². The quantitative estimate of drug-likeness (QED) is 0.602. The van der Waals surface area contributed by atoms with E-state index < -0.39 is 0 Å². The van der Waals surface area contributed by atoms with Crippen LogP contribution in [0.2, 0.25) is 0 Å². The van der Waals surface area contributed by atoms with Gasteiger partial charge in [-0.25, -0.2) is 0 Å². The molecule has 2 atom stereocenters. The van der Waals surface area contributed by atoms with E-state index in [4.69, 9.17) is 20.3 Å². The lowest BCUT2D eigenvalue weighted by molar-refractivity contribution is -0.147. The molecule has 0 aromatic carbocycles. The molecule has 88 valence electrons. The van der Waals surface area contributed by atoms with Gasteiger partial charge in [0.25, 0.3) is 0 Å². The van der Waals surface area contributed by atoms with Gasteiger partial charge in [0.15, 0.2) is 0 Å². The third-order valence-corrected chi connectivity index (χ3v) is 2.41. The van der Waals surface area contributed by atoms with Crippen LogP contribution in [0.4, 0.5) is 0 Å². The number of nitrogens with two attached hydrogens (primary N) is 1. The second-order valence-corrected chi connectivity index (χ2v) is 3.72. The van der Waals surface area contributed by atoms with Gasteiger partial charge in [0.1, 0.15) is 6.61 Å². The molecule has 1 heterocycles. The van der Waals surface area contributed by atoms with Crippen molar-refractivity contribution in [3.05, 3.63) is 0 Å². The van der Waals surface area contributed by atoms with E-state index in [1.54, 1.807) is 0 Å². The Morgan fingerprint density at radius 3 is 2.80 bits per heavy atom. The van der Waals surface area contributed by atoms with Crippen molar-refractivity contribution >= 4 is 5.97 Å². The van der Waals surface area contributed by atoms with Gasteiger partial charge in [-0.15, -0.1) is 0 Å². The number of rotatable bonds is 6. The lowest BCUT2D eigenvalue weighted by Crippen LogP contribution is -2.21. The summed E-state index contributed by atoms with van der Waals surface area (Å²) in [7, 11) is 0. The van der Waals surface area contributed by atoms with Crippen molar-refractivity contribution in [1.29, 1.82) is 0 Å². The van der Waals surface area contributed by atoms with Crippen LogP contribution < -0.4 is 5.73 Å². The van der Waals surface area contributed by atoms with Gasteiger partial charge < -0.3 is 20.3 Å². The Morgan fingerprint density at radius 1 is 1.47 bits per heavy atom. The van der Waals surface area contributed by atoms with E-state index in [1.165, 1.54) is 0 Å². The molecule has 0 aromatic heterocycles. The Hall–Kier alpha value is -0.650. The second kappa shape index (κ2) is 6.76. The van der Waals surface area contributed by atoms with Crippen molar-refractivity contribution in [2.75, 3.05) is 19.8 Å². The highest BCUT2D eigenvalue weighted by molar-refractivity contribution is 5.69. The highest BCUT2D eigenvalue weighted by Gasteiger charge is 2.25. The van der Waals surface area contributed by atoms with E-state index in [9.17, 15) is 4.79 Å². The molecule has 1 rings (SSSR count). The Kier molecular flexibility index (Phi) is 5.60. The molecule has 1 saturated heterocycles. The van der Waals surface area contributed by atoms with Crippen molar-refractivity contribution in [3.8, 4) is 0 Å². The van der Waals surface area contributed by atoms with Gasteiger partial charge in [-0.1, -0.05) is 0 Å². The Balaban J connectivity index is 2.07. The van der Waals surface area contributed by atoms with E-state index in [1.807, 2.05) is 0 Å². The van der Waals surface area contributed by atoms with Crippen LogP contribution in [0, 0.1) is 0 Å². The summed E-state index contributed by atoms with van der Waals surface area (Å²) in [6.07, 6.45) is 2.56. The largest absolute Gasteiger partial charge is 0.463 e. The number of aliphatic hydroxyl groups is 1.